The van der Waals surface area contributed by atoms with Gasteiger partial charge in [0.1, 0.15) is 5.75 Å². The van der Waals surface area contributed by atoms with E-state index in [2.05, 4.69) is 22.8 Å². The Kier molecular flexibility index (Phi) is 5.64. The quantitative estimate of drug-likeness (QED) is 0.339. The van der Waals surface area contributed by atoms with Gasteiger partial charge in [0.2, 0.25) is 0 Å². The molecule has 0 bridgehead atoms. The summed E-state index contributed by atoms with van der Waals surface area (Å²) < 4.78 is 0. The van der Waals surface area contributed by atoms with Crippen molar-refractivity contribution >= 4 is 28.3 Å². The van der Waals surface area contributed by atoms with E-state index >= 15 is 0 Å². The number of carbonyl (C=O) groups excluding carboxylic acids is 1. The van der Waals surface area contributed by atoms with Gasteiger partial charge in [0.15, 0.2) is 0 Å². The molecule has 6 heteroatoms. The molecule has 4 aromatic rings. The van der Waals surface area contributed by atoms with Crippen molar-refractivity contribution in [2.45, 2.75) is 19.4 Å². The predicted molar refractivity (Wildman–Crippen MR) is 132 cm³/mol. The Hall–Kier alpha value is -4.32. The number of amides is 1. The number of carboxylic acids is 1. The molecule has 0 fully saturated rings. The first-order chi connectivity index (χ1) is 16.5. The first-order valence-electron chi connectivity index (χ1n) is 11.2. The molecule has 0 saturated heterocycles. The molecule has 1 aliphatic rings. The van der Waals surface area contributed by atoms with Crippen molar-refractivity contribution in [2.75, 3.05) is 11.9 Å². The van der Waals surface area contributed by atoms with Crippen molar-refractivity contribution < 1.29 is 19.8 Å². The lowest BCUT2D eigenvalue weighted by Gasteiger charge is -2.10. The number of aromatic carboxylic acids is 1. The van der Waals surface area contributed by atoms with Gasteiger partial charge in [0.05, 0.1) is 5.56 Å². The maximum Gasteiger partial charge on any atom is 0.335 e. The summed E-state index contributed by atoms with van der Waals surface area (Å²) in [5, 5.41) is 27.6. The molecule has 4 aromatic carbocycles. The van der Waals surface area contributed by atoms with Crippen molar-refractivity contribution in [3.63, 3.8) is 0 Å². The molecule has 6 nitrogen and oxygen atoms in total. The zero-order valence-corrected chi connectivity index (χ0v) is 18.5. The maximum absolute atomic E-state index is 12.8. The fourth-order valence-corrected chi connectivity index (χ4v) is 4.35. The number of hydrogen-bond acceptors (Lipinski definition) is 4. The van der Waals surface area contributed by atoms with Crippen molar-refractivity contribution in [3.8, 4) is 5.75 Å². The Morgan fingerprint density at radius 3 is 2.41 bits per heavy atom. The summed E-state index contributed by atoms with van der Waals surface area (Å²) in [6.45, 7) is 1.41. The van der Waals surface area contributed by atoms with Gasteiger partial charge in [-0.1, -0.05) is 30.3 Å². The topological polar surface area (TPSA) is 98.7 Å². The van der Waals surface area contributed by atoms with Crippen LogP contribution < -0.4 is 10.6 Å². The van der Waals surface area contributed by atoms with E-state index in [0.29, 0.717) is 24.1 Å². The van der Waals surface area contributed by atoms with Crippen molar-refractivity contribution in [3.05, 3.63) is 106 Å². The van der Waals surface area contributed by atoms with E-state index in [0.717, 1.165) is 34.9 Å². The molecule has 1 aliphatic heterocycles. The molecule has 1 heterocycles. The average Bonchev–Trinajstić information content (AvgIpc) is 3.31. The van der Waals surface area contributed by atoms with Crippen LogP contribution in [0, 0.1) is 0 Å². The first-order valence-corrected chi connectivity index (χ1v) is 11.2. The molecule has 34 heavy (non-hydrogen) atoms. The Morgan fingerprint density at radius 1 is 0.853 bits per heavy atom. The second-order valence-electron chi connectivity index (χ2n) is 8.57. The van der Waals surface area contributed by atoms with Crippen LogP contribution in [0.15, 0.2) is 72.8 Å². The summed E-state index contributed by atoms with van der Waals surface area (Å²) in [7, 11) is 0. The maximum atomic E-state index is 12.8. The highest BCUT2D eigenvalue weighted by atomic mass is 16.4. The van der Waals surface area contributed by atoms with E-state index in [-0.39, 0.29) is 17.2 Å². The number of phenolic OH excluding ortho intramolecular Hbond substituents is 1. The van der Waals surface area contributed by atoms with E-state index in [1.807, 2.05) is 24.3 Å². The van der Waals surface area contributed by atoms with Gasteiger partial charge in [-0.05, 0) is 81.9 Å². The Morgan fingerprint density at radius 2 is 1.62 bits per heavy atom. The highest BCUT2D eigenvalue weighted by molar-refractivity contribution is 5.99. The fourth-order valence-electron chi connectivity index (χ4n) is 4.35. The van der Waals surface area contributed by atoms with Gasteiger partial charge in [-0.3, -0.25) is 4.79 Å². The van der Waals surface area contributed by atoms with Crippen molar-refractivity contribution in [1.82, 2.24) is 5.32 Å². The molecule has 0 saturated carbocycles. The highest BCUT2D eigenvalue weighted by Crippen LogP contribution is 2.28. The number of aromatic hydroxyl groups is 1. The molecular formula is C28H24N2O4. The third kappa shape index (κ3) is 4.43. The number of rotatable bonds is 6. The number of benzene rings is 4. The summed E-state index contributed by atoms with van der Waals surface area (Å²) in [4.78, 5) is 23.9. The Labute approximate surface area is 196 Å². The van der Waals surface area contributed by atoms with Crippen LogP contribution in [0.25, 0.3) is 10.8 Å². The highest BCUT2D eigenvalue weighted by Gasteiger charge is 2.12. The Bertz CT molecular complexity index is 1410. The monoisotopic (exact) mass is 452 g/mol. The zero-order chi connectivity index (χ0) is 23.7. The van der Waals surface area contributed by atoms with Crippen LogP contribution in [0.4, 0.5) is 5.69 Å². The lowest BCUT2D eigenvalue weighted by Crippen LogP contribution is -2.22. The van der Waals surface area contributed by atoms with E-state index < -0.39 is 5.97 Å². The molecule has 5 rings (SSSR count). The van der Waals surface area contributed by atoms with Crippen LogP contribution in [-0.2, 0) is 19.4 Å². The van der Waals surface area contributed by atoms with Gasteiger partial charge in [0, 0.05) is 30.8 Å². The molecule has 0 radical (unpaired) electrons. The van der Waals surface area contributed by atoms with Crippen LogP contribution >= 0.6 is 0 Å². The minimum Gasteiger partial charge on any atom is -0.508 e. The van der Waals surface area contributed by atoms with Crippen LogP contribution in [0.1, 0.15) is 43.0 Å². The summed E-state index contributed by atoms with van der Waals surface area (Å²) in [5.74, 6) is -0.961. The summed E-state index contributed by atoms with van der Waals surface area (Å²) in [6.07, 6.45) is 1.45. The van der Waals surface area contributed by atoms with Crippen molar-refractivity contribution in [1.29, 1.82) is 0 Å². The van der Waals surface area contributed by atoms with Gasteiger partial charge in [0.25, 0.3) is 5.91 Å². The van der Waals surface area contributed by atoms with Crippen LogP contribution in [0.2, 0.25) is 0 Å². The fraction of sp³-hybridized carbons (Fsp3) is 0.143. The van der Waals surface area contributed by atoms with E-state index in [4.69, 9.17) is 5.11 Å². The number of anilines is 1. The molecule has 0 atom stereocenters. The summed E-state index contributed by atoms with van der Waals surface area (Å²) >= 11 is 0. The van der Waals surface area contributed by atoms with Crippen LogP contribution in [0.3, 0.4) is 0 Å². The third-order valence-corrected chi connectivity index (χ3v) is 6.23. The van der Waals surface area contributed by atoms with E-state index in [9.17, 15) is 14.7 Å². The van der Waals surface area contributed by atoms with Gasteiger partial charge in [-0.25, -0.2) is 4.79 Å². The second-order valence-corrected chi connectivity index (χ2v) is 8.57. The number of carbonyl (C=O) groups is 2. The smallest absolute Gasteiger partial charge is 0.335 e. The molecule has 0 aromatic heterocycles. The van der Waals surface area contributed by atoms with Gasteiger partial charge < -0.3 is 20.8 Å². The zero-order valence-electron chi connectivity index (χ0n) is 18.5. The molecule has 0 spiro atoms. The standard InChI is InChI=1S/C28H24N2O4/c31-26-15-20-6-7-22(27(32)30-16-18-3-8-25-21(12-18)9-10-29-25)13-23(20)14-24(26)11-17-1-4-19(5-2-17)28(33)34/h1-8,12-15,29,31H,9-11,16H2,(H,30,32)(H,33,34). The second kappa shape index (κ2) is 8.90. The number of fused-ring (bicyclic) bond motifs is 2. The largest absolute Gasteiger partial charge is 0.508 e. The van der Waals surface area contributed by atoms with Gasteiger partial charge >= 0.3 is 5.97 Å². The SMILES string of the molecule is O=C(O)c1ccc(Cc2cc3cc(C(=O)NCc4ccc5c(c4)CCN5)ccc3cc2O)cc1. The minimum atomic E-state index is -0.973. The van der Waals surface area contributed by atoms with Gasteiger partial charge in [-0.2, -0.15) is 0 Å². The summed E-state index contributed by atoms with van der Waals surface area (Å²) in [5.41, 5.74) is 5.89. The first kappa shape index (κ1) is 21.5. The third-order valence-electron chi connectivity index (χ3n) is 6.23. The molecule has 4 N–H and O–H groups in total. The van der Waals surface area contributed by atoms with Gasteiger partial charge in [-0.15, -0.1) is 0 Å². The molecular weight excluding hydrogens is 428 g/mol. The average molecular weight is 453 g/mol. The van der Waals surface area contributed by atoms with Crippen LogP contribution in [0.5, 0.6) is 5.75 Å². The number of phenols is 1. The molecule has 0 aliphatic carbocycles. The predicted octanol–water partition coefficient (Wildman–Crippen LogP) is 4.73. The number of hydrogen-bond donors (Lipinski definition) is 4. The summed E-state index contributed by atoms with van der Waals surface area (Å²) in [6, 6.07) is 21.8. The number of nitrogens with one attached hydrogen (secondary N) is 2. The number of carboxylic acid groups (broad SMARTS) is 1. The van der Waals surface area contributed by atoms with E-state index in [1.165, 1.54) is 11.3 Å². The van der Waals surface area contributed by atoms with E-state index in [1.54, 1.807) is 36.4 Å². The molecule has 170 valence electrons. The van der Waals surface area contributed by atoms with Crippen LogP contribution in [-0.4, -0.2) is 28.6 Å². The lowest BCUT2D eigenvalue weighted by atomic mass is 9.98. The minimum absolute atomic E-state index is 0.153. The normalized spacial score (nSPS) is 12.2. The van der Waals surface area contributed by atoms with Crippen molar-refractivity contribution in [2.24, 2.45) is 0 Å². The molecule has 0 unspecified atom stereocenters. The molecule has 1 amide bonds. The Balaban J connectivity index is 1.33. The lowest BCUT2D eigenvalue weighted by molar-refractivity contribution is 0.0696.